The fourth-order valence-corrected chi connectivity index (χ4v) is 3.27. The Morgan fingerprint density at radius 1 is 0.786 bits per heavy atom. The summed E-state index contributed by atoms with van der Waals surface area (Å²) < 4.78 is 76.8. The summed E-state index contributed by atoms with van der Waals surface area (Å²) in [5, 5.41) is -0.0781. The van der Waals surface area contributed by atoms with E-state index >= 15 is 0 Å². The Hall–Kier alpha value is -1.94. The third-order valence-corrected chi connectivity index (χ3v) is 4.72. The number of nitrogens with zero attached hydrogens (tertiary/aromatic N) is 4. The Morgan fingerprint density at radius 3 is 1.86 bits per heavy atom. The van der Waals surface area contributed by atoms with Crippen LogP contribution in [-0.2, 0) is 12.4 Å². The van der Waals surface area contributed by atoms with E-state index in [4.69, 9.17) is 23.2 Å². The molecule has 0 N–H and O–H groups in total. The van der Waals surface area contributed by atoms with E-state index in [0.29, 0.717) is 6.20 Å². The highest BCUT2D eigenvalue weighted by molar-refractivity contribution is 6.33. The Balaban J connectivity index is 1.75. The van der Waals surface area contributed by atoms with Crippen molar-refractivity contribution in [2.24, 2.45) is 0 Å². The second kappa shape index (κ2) is 7.47. The monoisotopic (exact) mass is 444 g/mol. The van der Waals surface area contributed by atoms with Crippen LogP contribution < -0.4 is 9.80 Å². The van der Waals surface area contributed by atoms with Gasteiger partial charge in [0.2, 0.25) is 0 Å². The first-order valence-corrected chi connectivity index (χ1v) is 8.69. The SMILES string of the molecule is FC(F)(F)c1cnc(N2CCN(c3nc(C(F)(F)F)ccc3Cl)CC2)c(Cl)c1. The van der Waals surface area contributed by atoms with Crippen LogP contribution in [0.1, 0.15) is 11.3 Å². The zero-order valence-electron chi connectivity index (χ0n) is 14.0. The maximum Gasteiger partial charge on any atom is 0.433 e. The average molecular weight is 445 g/mol. The largest absolute Gasteiger partial charge is 0.433 e. The highest BCUT2D eigenvalue weighted by Crippen LogP contribution is 2.35. The summed E-state index contributed by atoms with van der Waals surface area (Å²) in [6.45, 7) is 1.03. The van der Waals surface area contributed by atoms with Crippen molar-refractivity contribution in [1.82, 2.24) is 9.97 Å². The number of anilines is 2. The topological polar surface area (TPSA) is 32.3 Å². The molecule has 12 heteroatoms. The number of hydrogen-bond acceptors (Lipinski definition) is 4. The lowest BCUT2D eigenvalue weighted by atomic mass is 10.2. The molecule has 2 aromatic heterocycles. The predicted molar refractivity (Wildman–Crippen MR) is 92.9 cm³/mol. The maximum atomic E-state index is 12.9. The molecule has 1 aliphatic heterocycles. The van der Waals surface area contributed by atoms with Gasteiger partial charge in [-0.25, -0.2) is 9.97 Å². The van der Waals surface area contributed by atoms with E-state index in [9.17, 15) is 26.3 Å². The van der Waals surface area contributed by atoms with Crippen LogP contribution in [0, 0.1) is 0 Å². The van der Waals surface area contributed by atoms with Crippen molar-refractivity contribution in [3.05, 3.63) is 45.7 Å². The first kappa shape index (κ1) is 20.8. The van der Waals surface area contributed by atoms with E-state index < -0.39 is 23.6 Å². The number of rotatable bonds is 2. The molecule has 2 aromatic rings. The molecule has 0 spiro atoms. The molecule has 0 radical (unpaired) electrons. The van der Waals surface area contributed by atoms with Gasteiger partial charge >= 0.3 is 12.4 Å². The molecular formula is C16H12Cl2F6N4. The molecule has 0 amide bonds. The summed E-state index contributed by atoms with van der Waals surface area (Å²) in [6, 6.07) is 2.73. The molecule has 0 bridgehead atoms. The normalized spacial score (nSPS) is 15.9. The Kier molecular flexibility index (Phi) is 5.55. The van der Waals surface area contributed by atoms with Crippen LogP contribution in [0.4, 0.5) is 38.0 Å². The maximum absolute atomic E-state index is 12.9. The fourth-order valence-electron chi connectivity index (χ4n) is 2.76. The molecule has 28 heavy (non-hydrogen) atoms. The van der Waals surface area contributed by atoms with Crippen molar-refractivity contribution < 1.29 is 26.3 Å². The number of halogens is 8. The van der Waals surface area contributed by atoms with E-state index in [-0.39, 0.29) is 47.9 Å². The number of piperazine rings is 1. The molecule has 0 aliphatic carbocycles. The van der Waals surface area contributed by atoms with Gasteiger partial charge in [-0.1, -0.05) is 23.2 Å². The minimum absolute atomic E-state index is 0.00242. The summed E-state index contributed by atoms with van der Waals surface area (Å²) in [5.74, 6) is 0.181. The predicted octanol–water partition coefficient (Wildman–Crippen LogP) is 5.15. The molecule has 0 saturated carbocycles. The third-order valence-electron chi connectivity index (χ3n) is 4.15. The van der Waals surface area contributed by atoms with Crippen molar-refractivity contribution in [2.45, 2.75) is 12.4 Å². The van der Waals surface area contributed by atoms with Gasteiger partial charge in [0.25, 0.3) is 0 Å². The second-order valence-electron chi connectivity index (χ2n) is 6.00. The van der Waals surface area contributed by atoms with Crippen LogP contribution in [0.2, 0.25) is 10.0 Å². The molecule has 152 valence electrons. The molecule has 3 heterocycles. The summed E-state index contributed by atoms with van der Waals surface area (Å²) in [7, 11) is 0. The summed E-state index contributed by atoms with van der Waals surface area (Å²) in [4.78, 5) is 10.6. The van der Waals surface area contributed by atoms with E-state index in [1.165, 1.54) is 0 Å². The molecule has 1 fully saturated rings. The van der Waals surface area contributed by atoms with Crippen molar-refractivity contribution in [3.8, 4) is 0 Å². The Morgan fingerprint density at radius 2 is 1.36 bits per heavy atom. The van der Waals surface area contributed by atoms with E-state index in [2.05, 4.69) is 9.97 Å². The van der Waals surface area contributed by atoms with Crippen molar-refractivity contribution >= 4 is 34.8 Å². The van der Waals surface area contributed by atoms with Crippen LogP contribution in [0.3, 0.4) is 0 Å². The van der Waals surface area contributed by atoms with Gasteiger partial charge in [0.05, 0.1) is 15.6 Å². The Labute approximate surface area is 165 Å². The van der Waals surface area contributed by atoms with Crippen molar-refractivity contribution in [1.29, 1.82) is 0 Å². The van der Waals surface area contributed by atoms with E-state index in [1.54, 1.807) is 9.80 Å². The zero-order valence-corrected chi connectivity index (χ0v) is 15.5. The van der Waals surface area contributed by atoms with E-state index in [0.717, 1.165) is 18.2 Å². The quantitative estimate of drug-likeness (QED) is 0.599. The van der Waals surface area contributed by atoms with Crippen LogP contribution in [-0.4, -0.2) is 36.1 Å². The molecule has 3 rings (SSSR count). The molecule has 0 atom stereocenters. The van der Waals surface area contributed by atoms with Crippen LogP contribution in [0.25, 0.3) is 0 Å². The van der Waals surface area contributed by atoms with Gasteiger partial charge in [0, 0.05) is 32.4 Å². The highest BCUT2D eigenvalue weighted by atomic mass is 35.5. The highest BCUT2D eigenvalue weighted by Gasteiger charge is 2.34. The molecular weight excluding hydrogens is 433 g/mol. The number of hydrogen-bond donors (Lipinski definition) is 0. The summed E-state index contributed by atoms with van der Waals surface area (Å²) >= 11 is 11.9. The Bertz CT molecular complexity index is 863. The lowest BCUT2D eigenvalue weighted by molar-refractivity contribution is -0.141. The van der Waals surface area contributed by atoms with Crippen LogP contribution in [0.15, 0.2) is 24.4 Å². The van der Waals surface area contributed by atoms with Gasteiger partial charge in [-0.3, -0.25) is 0 Å². The molecule has 1 saturated heterocycles. The van der Waals surface area contributed by atoms with Crippen LogP contribution >= 0.6 is 23.2 Å². The molecule has 0 aromatic carbocycles. The van der Waals surface area contributed by atoms with Crippen molar-refractivity contribution in [3.63, 3.8) is 0 Å². The lowest BCUT2D eigenvalue weighted by Gasteiger charge is -2.36. The zero-order chi connectivity index (χ0) is 20.7. The smallest absolute Gasteiger partial charge is 0.352 e. The van der Waals surface area contributed by atoms with Gasteiger partial charge in [-0.05, 0) is 18.2 Å². The van der Waals surface area contributed by atoms with Gasteiger partial charge in [-0.15, -0.1) is 0 Å². The number of aromatic nitrogens is 2. The van der Waals surface area contributed by atoms with Gasteiger partial charge in [0.15, 0.2) is 0 Å². The minimum Gasteiger partial charge on any atom is -0.352 e. The molecule has 1 aliphatic rings. The summed E-state index contributed by atoms with van der Waals surface area (Å²) in [5.41, 5.74) is -2.01. The first-order chi connectivity index (χ1) is 13.0. The number of pyridine rings is 2. The van der Waals surface area contributed by atoms with Crippen molar-refractivity contribution in [2.75, 3.05) is 36.0 Å². The molecule has 4 nitrogen and oxygen atoms in total. The van der Waals surface area contributed by atoms with Gasteiger partial charge in [0.1, 0.15) is 17.3 Å². The van der Waals surface area contributed by atoms with Crippen LogP contribution in [0.5, 0.6) is 0 Å². The summed E-state index contributed by atoms with van der Waals surface area (Å²) in [6.07, 6.45) is -8.46. The average Bonchev–Trinajstić information content (AvgIpc) is 2.60. The third kappa shape index (κ3) is 4.38. The van der Waals surface area contributed by atoms with Gasteiger partial charge in [-0.2, -0.15) is 26.3 Å². The first-order valence-electron chi connectivity index (χ1n) is 7.93. The van der Waals surface area contributed by atoms with Gasteiger partial charge < -0.3 is 9.80 Å². The minimum atomic E-state index is -4.60. The number of alkyl halides is 6. The lowest BCUT2D eigenvalue weighted by Crippen LogP contribution is -2.47. The second-order valence-corrected chi connectivity index (χ2v) is 6.82. The molecule has 0 unspecified atom stereocenters. The van der Waals surface area contributed by atoms with E-state index in [1.807, 2.05) is 0 Å². The standard InChI is InChI=1S/C16H12Cl2F6N4/c17-10-1-2-12(16(22,23)24)26-14(10)28-5-3-27(4-6-28)13-11(18)7-9(8-25-13)15(19,20)21/h1-2,7-8H,3-6H2. The fraction of sp³-hybridized carbons (Fsp3) is 0.375.